The van der Waals surface area contributed by atoms with E-state index in [4.69, 9.17) is 0 Å². The van der Waals surface area contributed by atoms with Crippen molar-refractivity contribution in [1.29, 1.82) is 0 Å². The second kappa shape index (κ2) is 9.02. The van der Waals surface area contributed by atoms with E-state index in [9.17, 15) is 9.59 Å². The van der Waals surface area contributed by atoms with E-state index in [0.717, 1.165) is 13.0 Å². The van der Waals surface area contributed by atoms with Gasteiger partial charge in [0.05, 0.1) is 0 Å². The number of carbonyl (C=O) groups is 2. The van der Waals surface area contributed by atoms with Gasteiger partial charge in [0.15, 0.2) is 5.78 Å². The van der Waals surface area contributed by atoms with Gasteiger partial charge in [0.2, 0.25) is 0 Å². The molecule has 1 heterocycles. The fourth-order valence-electron chi connectivity index (χ4n) is 1.97. The summed E-state index contributed by atoms with van der Waals surface area (Å²) >= 11 is 0. The van der Waals surface area contributed by atoms with Crippen LogP contribution >= 0.6 is 12.4 Å². The summed E-state index contributed by atoms with van der Waals surface area (Å²) in [5.74, 6) is -0.177. The van der Waals surface area contributed by atoms with E-state index in [0.29, 0.717) is 23.2 Å². The van der Waals surface area contributed by atoms with Crippen LogP contribution < -0.4 is 10.6 Å². The van der Waals surface area contributed by atoms with Crippen LogP contribution in [0.5, 0.6) is 0 Å². The average Bonchev–Trinajstić information content (AvgIpc) is 3.05. The number of aromatic amines is 1. The highest BCUT2D eigenvalue weighted by molar-refractivity contribution is 6.09. The van der Waals surface area contributed by atoms with Gasteiger partial charge in [-0.05, 0) is 38.2 Å². The van der Waals surface area contributed by atoms with Gasteiger partial charge in [0.25, 0.3) is 5.91 Å². The Balaban J connectivity index is 0.00000242. The van der Waals surface area contributed by atoms with Gasteiger partial charge >= 0.3 is 0 Å². The third-order valence-corrected chi connectivity index (χ3v) is 3.16. The molecule has 0 aliphatic rings. The summed E-state index contributed by atoms with van der Waals surface area (Å²) in [5, 5.41) is 5.86. The third kappa shape index (κ3) is 4.72. The summed E-state index contributed by atoms with van der Waals surface area (Å²) in [6.45, 7) is 1.49. The van der Waals surface area contributed by atoms with Crippen molar-refractivity contribution in [1.82, 2.24) is 15.6 Å². The number of benzene rings is 1. The van der Waals surface area contributed by atoms with Gasteiger partial charge in [-0.2, -0.15) is 0 Å². The van der Waals surface area contributed by atoms with Crippen molar-refractivity contribution in [3.63, 3.8) is 0 Å². The molecule has 5 nitrogen and oxygen atoms in total. The van der Waals surface area contributed by atoms with E-state index in [-0.39, 0.29) is 24.1 Å². The van der Waals surface area contributed by atoms with Crippen LogP contribution in [0, 0.1) is 0 Å². The highest BCUT2D eigenvalue weighted by Gasteiger charge is 2.10. The third-order valence-electron chi connectivity index (χ3n) is 3.16. The first-order valence-corrected chi connectivity index (χ1v) is 6.92. The Kier molecular flexibility index (Phi) is 7.36. The molecule has 0 fully saturated rings. The Morgan fingerprint density at radius 1 is 1.00 bits per heavy atom. The lowest BCUT2D eigenvalue weighted by molar-refractivity contribution is 0.0951. The highest BCUT2D eigenvalue weighted by atomic mass is 35.5. The summed E-state index contributed by atoms with van der Waals surface area (Å²) in [5.41, 5.74) is 1.74. The number of amides is 1. The molecule has 0 saturated carbocycles. The Labute approximate surface area is 135 Å². The van der Waals surface area contributed by atoms with Crippen molar-refractivity contribution in [2.24, 2.45) is 0 Å². The molecule has 3 N–H and O–H groups in total. The molecule has 0 bridgehead atoms. The first-order chi connectivity index (χ1) is 10.2. The van der Waals surface area contributed by atoms with Crippen LogP contribution in [0.15, 0.2) is 42.7 Å². The molecule has 6 heteroatoms. The molecule has 22 heavy (non-hydrogen) atoms. The van der Waals surface area contributed by atoms with Crippen LogP contribution in [0.3, 0.4) is 0 Å². The summed E-state index contributed by atoms with van der Waals surface area (Å²) in [6, 6.07) is 8.43. The Hall–Kier alpha value is -2.11. The van der Waals surface area contributed by atoms with Gasteiger partial charge in [0.1, 0.15) is 0 Å². The first kappa shape index (κ1) is 17.9. The Bertz CT molecular complexity index is 594. The maximum absolute atomic E-state index is 12.1. The quantitative estimate of drug-likeness (QED) is 0.539. The number of H-pyrrole nitrogens is 1. The van der Waals surface area contributed by atoms with Crippen molar-refractivity contribution in [2.45, 2.75) is 6.42 Å². The van der Waals surface area contributed by atoms with Gasteiger partial charge in [-0.15, -0.1) is 12.4 Å². The van der Waals surface area contributed by atoms with Gasteiger partial charge in [-0.3, -0.25) is 9.59 Å². The van der Waals surface area contributed by atoms with Crippen LogP contribution in [0.4, 0.5) is 0 Å². The normalized spacial score (nSPS) is 9.86. The smallest absolute Gasteiger partial charge is 0.251 e. The molecular formula is C16H20ClN3O2. The summed E-state index contributed by atoms with van der Waals surface area (Å²) < 4.78 is 0. The highest BCUT2D eigenvalue weighted by Crippen LogP contribution is 2.10. The van der Waals surface area contributed by atoms with Gasteiger partial charge in [-0.1, -0.05) is 12.1 Å². The molecule has 2 rings (SSSR count). The van der Waals surface area contributed by atoms with Gasteiger partial charge < -0.3 is 15.6 Å². The zero-order valence-electron chi connectivity index (χ0n) is 12.4. The second-order valence-electron chi connectivity index (χ2n) is 4.72. The topological polar surface area (TPSA) is 74.0 Å². The average molecular weight is 322 g/mol. The molecular weight excluding hydrogens is 302 g/mol. The molecule has 0 spiro atoms. The molecule has 2 aromatic rings. The molecule has 0 atom stereocenters. The Morgan fingerprint density at radius 3 is 2.27 bits per heavy atom. The minimum Gasteiger partial charge on any atom is -0.367 e. The monoisotopic (exact) mass is 321 g/mol. The predicted molar refractivity (Wildman–Crippen MR) is 88.8 cm³/mol. The number of halogens is 1. The lowest BCUT2D eigenvalue weighted by Gasteiger charge is -2.05. The number of rotatable bonds is 7. The minimum absolute atomic E-state index is 0. The zero-order valence-corrected chi connectivity index (χ0v) is 13.2. The van der Waals surface area contributed by atoms with Crippen LogP contribution in [-0.2, 0) is 0 Å². The first-order valence-electron chi connectivity index (χ1n) is 6.92. The van der Waals surface area contributed by atoms with E-state index in [1.54, 1.807) is 42.7 Å². The maximum Gasteiger partial charge on any atom is 0.251 e. The van der Waals surface area contributed by atoms with Crippen LogP contribution in [-0.4, -0.2) is 36.8 Å². The van der Waals surface area contributed by atoms with E-state index in [1.165, 1.54) is 0 Å². The van der Waals surface area contributed by atoms with Crippen molar-refractivity contribution in [2.75, 3.05) is 20.1 Å². The van der Waals surface area contributed by atoms with E-state index >= 15 is 0 Å². The van der Waals surface area contributed by atoms with Crippen LogP contribution in [0.1, 0.15) is 32.7 Å². The molecule has 0 saturated heterocycles. The number of nitrogens with one attached hydrogen (secondary N) is 3. The predicted octanol–water partition coefficient (Wildman–Crippen LogP) is 2.01. The molecule has 0 unspecified atom stereocenters. The largest absolute Gasteiger partial charge is 0.367 e. The van der Waals surface area contributed by atoms with Crippen molar-refractivity contribution < 1.29 is 9.59 Å². The standard InChI is InChI=1S/C16H19N3O2.ClH/c1-17-8-2-9-19-16(21)13-5-3-12(4-6-13)15(20)14-7-10-18-11-14;/h3-7,10-11,17-18H,2,8-9H2,1H3,(H,19,21);1H. The maximum atomic E-state index is 12.1. The van der Waals surface area contributed by atoms with E-state index < -0.39 is 0 Å². The van der Waals surface area contributed by atoms with E-state index in [1.807, 2.05) is 7.05 Å². The lowest BCUT2D eigenvalue weighted by atomic mass is 10.0. The summed E-state index contributed by atoms with van der Waals surface area (Å²) in [6.07, 6.45) is 4.25. The Morgan fingerprint density at radius 2 is 1.68 bits per heavy atom. The van der Waals surface area contributed by atoms with Crippen molar-refractivity contribution in [3.8, 4) is 0 Å². The number of carbonyl (C=O) groups excluding carboxylic acids is 2. The van der Waals surface area contributed by atoms with Crippen LogP contribution in [0.2, 0.25) is 0 Å². The van der Waals surface area contributed by atoms with Gasteiger partial charge in [-0.25, -0.2) is 0 Å². The molecule has 0 aliphatic carbocycles. The SMILES string of the molecule is CNCCCNC(=O)c1ccc(C(=O)c2cc[nH]c2)cc1.Cl. The van der Waals surface area contributed by atoms with E-state index in [2.05, 4.69) is 15.6 Å². The number of hydrogen-bond donors (Lipinski definition) is 3. The minimum atomic E-state index is -0.119. The van der Waals surface area contributed by atoms with Crippen LogP contribution in [0.25, 0.3) is 0 Å². The zero-order chi connectivity index (χ0) is 15.1. The van der Waals surface area contributed by atoms with Gasteiger partial charge in [0, 0.05) is 35.6 Å². The van der Waals surface area contributed by atoms with Crippen molar-refractivity contribution >= 4 is 24.1 Å². The number of aromatic nitrogens is 1. The fourth-order valence-corrected chi connectivity index (χ4v) is 1.97. The molecule has 118 valence electrons. The number of hydrogen-bond acceptors (Lipinski definition) is 3. The molecule has 0 aliphatic heterocycles. The molecule has 1 aromatic heterocycles. The second-order valence-corrected chi connectivity index (χ2v) is 4.72. The summed E-state index contributed by atoms with van der Waals surface area (Å²) in [7, 11) is 1.88. The lowest BCUT2D eigenvalue weighted by Crippen LogP contribution is -2.26. The fraction of sp³-hybridized carbons (Fsp3) is 0.250. The molecule has 1 amide bonds. The number of ketones is 1. The molecule has 1 aromatic carbocycles. The summed E-state index contributed by atoms with van der Waals surface area (Å²) in [4.78, 5) is 26.9. The molecule has 0 radical (unpaired) electrons. The van der Waals surface area contributed by atoms with Crippen molar-refractivity contribution in [3.05, 3.63) is 59.4 Å².